The van der Waals surface area contributed by atoms with Crippen LogP contribution in [0.3, 0.4) is 0 Å². The Morgan fingerprint density at radius 2 is 1.86 bits per heavy atom. The molecule has 0 fully saturated rings. The Bertz CT molecular complexity index is 662. The Kier molecular flexibility index (Phi) is 5.66. The van der Waals surface area contributed by atoms with Crippen LogP contribution in [0.25, 0.3) is 0 Å². The molecule has 0 aromatic heterocycles. The second kappa shape index (κ2) is 7.70. The molecule has 0 unspecified atom stereocenters. The summed E-state index contributed by atoms with van der Waals surface area (Å²) in [5, 5.41) is 5.87. The summed E-state index contributed by atoms with van der Waals surface area (Å²) in [6, 6.07) is 12.8. The number of amides is 1. The quantitative estimate of drug-likeness (QED) is 0.823. The number of rotatable bonds is 6. The molecule has 1 amide bonds. The van der Waals surface area contributed by atoms with Crippen molar-refractivity contribution in [2.24, 2.45) is 0 Å². The second-order valence-electron chi connectivity index (χ2n) is 4.45. The first-order chi connectivity index (χ1) is 10.6. The number of benzene rings is 2. The van der Waals surface area contributed by atoms with Crippen LogP contribution >= 0.6 is 15.9 Å². The van der Waals surface area contributed by atoms with E-state index in [1.54, 1.807) is 32.4 Å². The molecule has 0 aliphatic rings. The van der Waals surface area contributed by atoms with Gasteiger partial charge in [-0.2, -0.15) is 0 Å². The van der Waals surface area contributed by atoms with Crippen LogP contribution in [0.1, 0.15) is 0 Å². The van der Waals surface area contributed by atoms with E-state index in [-0.39, 0.29) is 12.5 Å². The highest BCUT2D eigenvalue weighted by molar-refractivity contribution is 9.10. The third-order valence-electron chi connectivity index (χ3n) is 2.99. The van der Waals surface area contributed by atoms with E-state index in [0.29, 0.717) is 17.2 Å². The van der Waals surface area contributed by atoms with Gasteiger partial charge >= 0.3 is 0 Å². The molecule has 0 bridgehead atoms. The number of halogens is 1. The molecule has 0 heterocycles. The zero-order chi connectivity index (χ0) is 15.9. The smallest absolute Gasteiger partial charge is 0.243 e. The molecule has 22 heavy (non-hydrogen) atoms. The van der Waals surface area contributed by atoms with E-state index >= 15 is 0 Å². The van der Waals surface area contributed by atoms with Crippen molar-refractivity contribution < 1.29 is 14.3 Å². The highest BCUT2D eigenvalue weighted by atomic mass is 79.9. The summed E-state index contributed by atoms with van der Waals surface area (Å²) < 4.78 is 11.3. The minimum atomic E-state index is -0.156. The third kappa shape index (κ3) is 4.14. The molecule has 6 heteroatoms. The van der Waals surface area contributed by atoms with Crippen LogP contribution in [-0.4, -0.2) is 26.7 Å². The van der Waals surface area contributed by atoms with Crippen molar-refractivity contribution in [3.8, 4) is 11.5 Å². The number of methoxy groups -OCH3 is 2. The number of para-hydroxylation sites is 1. The molecule has 0 saturated heterocycles. The van der Waals surface area contributed by atoms with Crippen LogP contribution in [0.5, 0.6) is 11.5 Å². The lowest BCUT2D eigenvalue weighted by Gasteiger charge is -2.13. The van der Waals surface area contributed by atoms with E-state index < -0.39 is 0 Å². The van der Waals surface area contributed by atoms with Crippen molar-refractivity contribution in [1.29, 1.82) is 0 Å². The largest absolute Gasteiger partial charge is 0.497 e. The van der Waals surface area contributed by atoms with Crippen molar-refractivity contribution >= 4 is 33.2 Å². The zero-order valence-electron chi connectivity index (χ0n) is 12.4. The van der Waals surface area contributed by atoms with Gasteiger partial charge in [-0.05, 0) is 40.2 Å². The minimum Gasteiger partial charge on any atom is -0.497 e. The molecule has 2 aromatic rings. The molecule has 2 aromatic carbocycles. The van der Waals surface area contributed by atoms with Crippen molar-refractivity contribution in [3.05, 3.63) is 46.9 Å². The fourth-order valence-electron chi connectivity index (χ4n) is 1.88. The normalized spacial score (nSPS) is 9.95. The molecular weight excluding hydrogens is 348 g/mol. The lowest BCUT2D eigenvalue weighted by atomic mass is 10.2. The zero-order valence-corrected chi connectivity index (χ0v) is 13.9. The highest BCUT2D eigenvalue weighted by Gasteiger charge is 2.08. The van der Waals surface area contributed by atoms with E-state index in [9.17, 15) is 4.79 Å². The fraction of sp³-hybridized carbons (Fsp3) is 0.188. The Morgan fingerprint density at radius 3 is 2.55 bits per heavy atom. The number of hydrogen-bond acceptors (Lipinski definition) is 4. The van der Waals surface area contributed by atoms with Crippen molar-refractivity contribution in [3.63, 3.8) is 0 Å². The predicted molar refractivity (Wildman–Crippen MR) is 90.8 cm³/mol. The summed E-state index contributed by atoms with van der Waals surface area (Å²) in [5.74, 6) is 1.18. The van der Waals surface area contributed by atoms with E-state index in [1.807, 2.05) is 24.3 Å². The SMILES string of the molecule is COc1ccc(OC)c(NCC(=O)Nc2ccccc2Br)c1. The minimum absolute atomic E-state index is 0.116. The number of anilines is 2. The Morgan fingerprint density at radius 1 is 1.09 bits per heavy atom. The second-order valence-corrected chi connectivity index (χ2v) is 5.30. The van der Waals surface area contributed by atoms with Crippen LogP contribution in [0.2, 0.25) is 0 Å². The van der Waals surface area contributed by atoms with Crippen LogP contribution in [0, 0.1) is 0 Å². The third-order valence-corrected chi connectivity index (χ3v) is 3.69. The monoisotopic (exact) mass is 364 g/mol. The molecule has 0 saturated carbocycles. The average Bonchev–Trinajstić information content (AvgIpc) is 2.54. The standard InChI is InChI=1S/C16H17BrN2O3/c1-21-11-7-8-15(22-2)14(9-11)18-10-16(20)19-13-6-4-3-5-12(13)17/h3-9,18H,10H2,1-2H3,(H,19,20). The van der Waals surface area contributed by atoms with E-state index in [2.05, 4.69) is 26.6 Å². The van der Waals surface area contributed by atoms with Gasteiger partial charge in [0.2, 0.25) is 5.91 Å². The van der Waals surface area contributed by atoms with Crippen molar-refractivity contribution in [1.82, 2.24) is 0 Å². The van der Waals surface area contributed by atoms with Crippen LogP contribution in [-0.2, 0) is 4.79 Å². The van der Waals surface area contributed by atoms with E-state index in [1.165, 1.54) is 0 Å². The summed E-state index contributed by atoms with van der Waals surface area (Å²) >= 11 is 3.39. The summed E-state index contributed by atoms with van der Waals surface area (Å²) in [6.07, 6.45) is 0. The summed E-state index contributed by atoms with van der Waals surface area (Å²) in [4.78, 5) is 12.0. The highest BCUT2D eigenvalue weighted by Crippen LogP contribution is 2.28. The molecule has 5 nitrogen and oxygen atoms in total. The Balaban J connectivity index is 2.00. The van der Waals surface area contributed by atoms with Gasteiger partial charge in [-0.15, -0.1) is 0 Å². The topological polar surface area (TPSA) is 59.6 Å². The van der Waals surface area contributed by atoms with Gasteiger partial charge in [-0.1, -0.05) is 12.1 Å². The fourth-order valence-corrected chi connectivity index (χ4v) is 2.27. The molecule has 0 aliphatic carbocycles. The van der Waals surface area contributed by atoms with Crippen LogP contribution in [0.4, 0.5) is 11.4 Å². The summed E-state index contributed by atoms with van der Waals surface area (Å²) in [7, 11) is 3.17. The lowest BCUT2D eigenvalue weighted by Crippen LogP contribution is -2.22. The molecule has 0 radical (unpaired) electrons. The maximum Gasteiger partial charge on any atom is 0.243 e. The first kappa shape index (κ1) is 16.2. The van der Waals surface area contributed by atoms with Crippen molar-refractivity contribution in [2.75, 3.05) is 31.4 Å². The summed E-state index contributed by atoms with van der Waals surface area (Å²) in [5.41, 5.74) is 1.43. The van der Waals surface area contributed by atoms with Gasteiger partial charge in [0, 0.05) is 10.5 Å². The number of nitrogens with one attached hydrogen (secondary N) is 2. The van der Waals surface area contributed by atoms with Crippen LogP contribution < -0.4 is 20.1 Å². The molecule has 0 spiro atoms. The van der Waals surface area contributed by atoms with Gasteiger partial charge in [0.05, 0.1) is 32.1 Å². The van der Waals surface area contributed by atoms with E-state index in [4.69, 9.17) is 9.47 Å². The summed E-state index contributed by atoms with van der Waals surface area (Å²) in [6.45, 7) is 0.116. The molecular formula is C16H17BrN2O3. The first-order valence-electron chi connectivity index (χ1n) is 6.64. The first-order valence-corrected chi connectivity index (χ1v) is 7.43. The molecule has 116 valence electrons. The Hall–Kier alpha value is -2.21. The van der Waals surface area contributed by atoms with Gasteiger partial charge in [0.15, 0.2) is 0 Å². The number of carbonyl (C=O) groups excluding carboxylic acids is 1. The van der Waals surface area contributed by atoms with Gasteiger partial charge in [-0.3, -0.25) is 4.79 Å². The molecule has 2 N–H and O–H groups in total. The number of hydrogen-bond donors (Lipinski definition) is 2. The lowest BCUT2D eigenvalue weighted by molar-refractivity contribution is -0.114. The van der Waals surface area contributed by atoms with Crippen molar-refractivity contribution in [2.45, 2.75) is 0 Å². The predicted octanol–water partition coefficient (Wildman–Crippen LogP) is 3.52. The number of carbonyl (C=O) groups is 1. The molecule has 0 atom stereocenters. The average molecular weight is 365 g/mol. The Labute approximate surface area is 137 Å². The van der Waals surface area contributed by atoms with Gasteiger partial charge in [0.25, 0.3) is 0 Å². The maximum absolute atomic E-state index is 12.0. The maximum atomic E-state index is 12.0. The molecule has 2 rings (SSSR count). The van der Waals surface area contributed by atoms with Gasteiger partial charge in [-0.25, -0.2) is 0 Å². The van der Waals surface area contributed by atoms with E-state index in [0.717, 1.165) is 10.2 Å². The van der Waals surface area contributed by atoms with Crippen LogP contribution in [0.15, 0.2) is 46.9 Å². The number of ether oxygens (including phenoxy) is 2. The molecule has 0 aliphatic heterocycles. The van der Waals surface area contributed by atoms with Gasteiger partial charge in [0.1, 0.15) is 11.5 Å². The van der Waals surface area contributed by atoms with Gasteiger partial charge < -0.3 is 20.1 Å².